The molecular formula is C16H23N3O2. The molecule has 2 unspecified atom stereocenters. The molecule has 5 heteroatoms. The van der Waals surface area contributed by atoms with Crippen LogP contribution in [0.3, 0.4) is 0 Å². The van der Waals surface area contributed by atoms with Crippen molar-refractivity contribution in [2.24, 2.45) is 5.73 Å². The van der Waals surface area contributed by atoms with Crippen LogP contribution in [-0.2, 0) is 10.3 Å². The summed E-state index contributed by atoms with van der Waals surface area (Å²) in [5, 5.41) is 4.05. The lowest BCUT2D eigenvalue weighted by molar-refractivity contribution is 0.0477. The van der Waals surface area contributed by atoms with Crippen LogP contribution in [0.15, 0.2) is 34.9 Å². The van der Waals surface area contributed by atoms with E-state index in [1.54, 1.807) is 0 Å². The molecule has 114 valence electrons. The summed E-state index contributed by atoms with van der Waals surface area (Å²) < 4.78 is 11.1. The van der Waals surface area contributed by atoms with Gasteiger partial charge in [-0.2, -0.15) is 4.98 Å². The van der Waals surface area contributed by atoms with E-state index in [0.717, 1.165) is 18.4 Å². The summed E-state index contributed by atoms with van der Waals surface area (Å²) in [6.07, 6.45) is 1.72. The zero-order valence-electron chi connectivity index (χ0n) is 12.9. The van der Waals surface area contributed by atoms with Crippen LogP contribution < -0.4 is 5.73 Å². The van der Waals surface area contributed by atoms with Crippen LogP contribution in [0.25, 0.3) is 0 Å². The fourth-order valence-corrected chi connectivity index (χ4v) is 2.23. The van der Waals surface area contributed by atoms with Crippen LogP contribution in [0.1, 0.15) is 57.0 Å². The molecule has 2 atom stereocenters. The number of rotatable bonds is 7. The molecule has 0 aliphatic rings. The van der Waals surface area contributed by atoms with Gasteiger partial charge in [-0.3, -0.25) is 0 Å². The summed E-state index contributed by atoms with van der Waals surface area (Å²) in [6.45, 7) is 6.55. The van der Waals surface area contributed by atoms with E-state index < -0.39 is 5.54 Å². The number of nitrogens with zero attached hydrogens (tertiary/aromatic N) is 2. The third-order valence-corrected chi connectivity index (χ3v) is 3.47. The Morgan fingerprint density at radius 1 is 1.29 bits per heavy atom. The topological polar surface area (TPSA) is 74.2 Å². The van der Waals surface area contributed by atoms with E-state index in [1.807, 2.05) is 44.2 Å². The zero-order chi connectivity index (χ0) is 15.3. The van der Waals surface area contributed by atoms with Gasteiger partial charge in [0.15, 0.2) is 0 Å². The Balaban J connectivity index is 2.26. The summed E-state index contributed by atoms with van der Waals surface area (Å²) >= 11 is 0. The van der Waals surface area contributed by atoms with E-state index in [-0.39, 0.29) is 6.10 Å². The molecule has 0 saturated carbocycles. The highest BCUT2D eigenvalue weighted by molar-refractivity contribution is 5.28. The van der Waals surface area contributed by atoms with Gasteiger partial charge in [0.1, 0.15) is 11.6 Å². The van der Waals surface area contributed by atoms with E-state index in [9.17, 15) is 0 Å². The lowest BCUT2D eigenvalue weighted by atomic mass is 9.93. The van der Waals surface area contributed by atoms with Crippen molar-refractivity contribution in [3.05, 3.63) is 47.6 Å². The maximum absolute atomic E-state index is 6.38. The second-order valence-electron chi connectivity index (χ2n) is 5.26. The molecule has 0 bridgehead atoms. The van der Waals surface area contributed by atoms with E-state index in [1.165, 1.54) is 0 Å². The van der Waals surface area contributed by atoms with Crippen LogP contribution in [0.4, 0.5) is 0 Å². The predicted octanol–water partition coefficient (Wildman–Crippen LogP) is 3.17. The molecule has 0 saturated heterocycles. The Morgan fingerprint density at radius 3 is 2.62 bits per heavy atom. The molecule has 0 amide bonds. The zero-order valence-corrected chi connectivity index (χ0v) is 12.9. The van der Waals surface area contributed by atoms with Crippen LogP contribution >= 0.6 is 0 Å². The molecule has 1 aromatic carbocycles. The summed E-state index contributed by atoms with van der Waals surface area (Å²) in [6, 6.07) is 9.74. The standard InChI is InChI=1S/C16H23N3O2/c1-4-9-13(20-5-2)14-18-15(21-19-14)16(3,17)12-10-7-6-8-11-12/h6-8,10-11,13H,4-5,9,17H2,1-3H3. The van der Waals surface area contributed by atoms with Crippen LogP contribution in [0, 0.1) is 0 Å². The molecule has 0 radical (unpaired) electrons. The molecular weight excluding hydrogens is 266 g/mol. The van der Waals surface area contributed by atoms with Crippen molar-refractivity contribution in [2.75, 3.05) is 6.61 Å². The molecule has 1 aromatic heterocycles. The first-order valence-electron chi connectivity index (χ1n) is 7.39. The summed E-state index contributed by atoms with van der Waals surface area (Å²) in [4.78, 5) is 4.47. The van der Waals surface area contributed by atoms with Gasteiger partial charge in [0.25, 0.3) is 5.89 Å². The number of ether oxygens (including phenoxy) is 1. The van der Waals surface area contributed by atoms with Crippen molar-refractivity contribution in [3.63, 3.8) is 0 Å². The first-order valence-corrected chi connectivity index (χ1v) is 7.39. The first kappa shape index (κ1) is 15.7. The van der Waals surface area contributed by atoms with Crippen molar-refractivity contribution < 1.29 is 9.26 Å². The van der Waals surface area contributed by atoms with Gasteiger partial charge in [-0.15, -0.1) is 0 Å². The molecule has 21 heavy (non-hydrogen) atoms. The van der Waals surface area contributed by atoms with Gasteiger partial charge in [-0.25, -0.2) is 0 Å². The van der Waals surface area contributed by atoms with Gasteiger partial charge < -0.3 is 15.0 Å². The molecule has 1 heterocycles. The minimum absolute atomic E-state index is 0.135. The molecule has 5 nitrogen and oxygen atoms in total. The monoisotopic (exact) mass is 289 g/mol. The molecule has 0 aliphatic carbocycles. The molecule has 0 fully saturated rings. The van der Waals surface area contributed by atoms with Gasteiger partial charge in [0.05, 0.1) is 0 Å². The third kappa shape index (κ3) is 3.49. The molecule has 2 N–H and O–H groups in total. The summed E-state index contributed by atoms with van der Waals surface area (Å²) in [7, 11) is 0. The molecule has 2 aromatic rings. The maximum Gasteiger partial charge on any atom is 0.251 e. The minimum Gasteiger partial charge on any atom is -0.370 e. The highest BCUT2D eigenvalue weighted by Gasteiger charge is 2.31. The second kappa shape index (κ2) is 6.83. The van der Waals surface area contributed by atoms with Crippen molar-refractivity contribution >= 4 is 0 Å². The number of aromatic nitrogens is 2. The average molecular weight is 289 g/mol. The fourth-order valence-electron chi connectivity index (χ4n) is 2.23. The number of hydrogen-bond acceptors (Lipinski definition) is 5. The summed E-state index contributed by atoms with van der Waals surface area (Å²) in [5.74, 6) is 0.978. The van der Waals surface area contributed by atoms with Crippen molar-refractivity contribution in [3.8, 4) is 0 Å². The maximum atomic E-state index is 6.38. The molecule has 0 spiro atoms. The Morgan fingerprint density at radius 2 is 2.00 bits per heavy atom. The average Bonchev–Trinajstić information content (AvgIpc) is 2.98. The predicted molar refractivity (Wildman–Crippen MR) is 80.7 cm³/mol. The van der Waals surface area contributed by atoms with E-state index in [2.05, 4.69) is 17.1 Å². The van der Waals surface area contributed by atoms with Gasteiger partial charge in [-0.1, -0.05) is 48.8 Å². The Hall–Kier alpha value is -1.72. The smallest absolute Gasteiger partial charge is 0.251 e. The number of benzene rings is 1. The number of nitrogens with two attached hydrogens (primary N) is 1. The largest absolute Gasteiger partial charge is 0.370 e. The normalized spacial score (nSPS) is 15.6. The quantitative estimate of drug-likeness (QED) is 0.847. The molecule has 0 aliphatic heterocycles. The second-order valence-corrected chi connectivity index (χ2v) is 5.26. The van der Waals surface area contributed by atoms with Gasteiger partial charge in [0, 0.05) is 6.61 Å². The van der Waals surface area contributed by atoms with Gasteiger partial charge in [0.2, 0.25) is 5.82 Å². The SMILES string of the molecule is CCCC(OCC)c1noc(C(C)(N)c2ccccc2)n1. The van der Waals surface area contributed by atoms with Crippen molar-refractivity contribution in [1.29, 1.82) is 0 Å². The lowest BCUT2D eigenvalue weighted by Gasteiger charge is -2.20. The van der Waals surface area contributed by atoms with E-state index in [4.69, 9.17) is 15.0 Å². The van der Waals surface area contributed by atoms with Gasteiger partial charge >= 0.3 is 0 Å². The third-order valence-electron chi connectivity index (χ3n) is 3.47. The lowest BCUT2D eigenvalue weighted by Crippen LogP contribution is -2.34. The van der Waals surface area contributed by atoms with Crippen molar-refractivity contribution in [1.82, 2.24) is 10.1 Å². The Bertz CT molecular complexity index is 546. The molecule has 2 rings (SSSR count). The summed E-state index contributed by atoms with van der Waals surface area (Å²) in [5.41, 5.74) is 6.51. The number of hydrogen-bond donors (Lipinski definition) is 1. The van der Waals surface area contributed by atoms with E-state index in [0.29, 0.717) is 18.3 Å². The Kier molecular flexibility index (Phi) is 5.09. The van der Waals surface area contributed by atoms with Crippen LogP contribution in [-0.4, -0.2) is 16.7 Å². The van der Waals surface area contributed by atoms with E-state index >= 15 is 0 Å². The van der Waals surface area contributed by atoms with Crippen molar-refractivity contribution in [2.45, 2.75) is 45.3 Å². The van der Waals surface area contributed by atoms with Gasteiger partial charge in [-0.05, 0) is 25.8 Å². The van der Waals surface area contributed by atoms with Crippen LogP contribution in [0.5, 0.6) is 0 Å². The van der Waals surface area contributed by atoms with Crippen LogP contribution in [0.2, 0.25) is 0 Å². The first-order chi connectivity index (χ1) is 10.1. The highest BCUT2D eigenvalue weighted by atomic mass is 16.5. The fraction of sp³-hybridized carbons (Fsp3) is 0.500. The highest BCUT2D eigenvalue weighted by Crippen LogP contribution is 2.27. The Labute approximate surface area is 125 Å². The minimum atomic E-state index is -0.810.